The standard InChI is InChI=1S/C28H30BrClN6O/c1-18(2)20-9-11-21(12-10-20)33-28(37)35-13-5-6-19(17-35)15-31-26-14-25(22-7-3-4-8-24(22)30)34-27-23(29)16-32-36(26)27/h3-4,7-12,14,16,18-19,31H,5-6,13,15,17H2,1-2H3,(H,33,37). The Hall–Kier alpha value is -3.10. The van der Waals surface area contributed by atoms with Gasteiger partial charge in [-0.15, -0.1) is 0 Å². The number of benzene rings is 2. The fraction of sp³-hybridized carbons (Fsp3) is 0.321. The van der Waals surface area contributed by atoms with Crippen LogP contribution < -0.4 is 10.6 Å². The molecular formula is C28H30BrClN6O. The van der Waals surface area contributed by atoms with Crippen LogP contribution >= 0.6 is 27.5 Å². The van der Waals surface area contributed by atoms with Gasteiger partial charge >= 0.3 is 6.03 Å². The third kappa shape index (κ3) is 5.75. The van der Waals surface area contributed by atoms with Gasteiger partial charge in [0.15, 0.2) is 5.65 Å². The number of halogens is 2. The van der Waals surface area contributed by atoms with Crippen molar-refractivity contribution in [3.8, 4) is 11.3 Å². The second-order valence-electron chi connectivity index (χ2n) is 9.78. The molecule has 0 aliphatic carbocycles. The van der Waals surface area contributed by atoms with E-state index in [2.05, 4.69) is 57.6 Å². The fourth-order valence-electron chi connectivity index (χ4n) is 4.69. The summed E-state index contributed by atoms with van der Waals surface area (Å²) < 4.78 is 2.60. The van der Waals surface area contributed by atoms with E-state index in [1.807, 2.05) is 47.4 Å². The van der Waals surface area contributed by atoms with Gasteiger partial charge in [-0.2, -0.15) is 9.61 Å². The Bertz CT molecular complexity index is 1400. The zero-order chi connectivity index (χ0) is 25.9. The molecule has 2 aromatic carbocycles. The van der Waals surface area contributed by atoms with Crippen molar-refractivity contribution < 1.29 is 4.79 Å². The van der Waals surface area contributed by atoms with Crippen molar-refractivity contribution in [2.75, 3.05) is 30.3 Å². The number of nitrogens with zero attached hydrogens (tertiary/aromatic N) is 4. The van der Waals surface area contributed by atoms with Crippen LogP contribution in [0, 0.1) is 5.92 Å². The molecule has 1 fully saturated rings. The number of carbonyl (C=O) groups is 1. The van der Waals surface area contributed by atoms with Crippen LogP contribution in [0.3, 0.4) is 0 Å². The molecule has 0 spiro atoms. The van der Waals surface area contributed by atoms with E-state index in [0.29, 0.717) is 35.6 Å². The molecule has 37 heavy (non-hydrogen) atoms. The molecule has 2 aromatic heterocycles. The Kier molecular flexibility index (Phi) is 7.67. The molecule has 1 unspecified atom stereocenters. The summed E-state index contributed by atoms with van der Waals surface area (Å²) in [7, 11) is 0. The lowest BCUT2D eigenvalue weighted by Crippen LogP contribution is -2.44. The summed E-state index contributed by atoms with van der Waals surface area (Å²) in [6, 6.07) is 17.7. The highest BCUT2D eigenvalue weighted by Crippen LogP contribution is 2.30. The van der Waals surface area contributed by atoms with Crippen LogP contribution in [0.2, 0.25) is 5.02 Å². The minimum atomic E-state index is -0.0506. The molecule has 0 saturated carbocycles. The van der Waals surface area contributed by atoms with E-state index in [-0.39, 0.29) is 6.03 Å². The number of likely N-dealkylation sites (tertiary alicyclic amines) is 1. The lowest BCUT2D eigenvalue weighted by molar-refractivity contribution is 0.180. The van der Waals surface area contributed by atoms with Gasteiger partial charge in [0.25, 0.3) is 0 Å². The number of aromatic nitrogens is 3. The smallest absolute Gasteiger partial charge is 0.321 e. The van der Waals surface area contributed by atoms with Gasteiger partial charge in [-0.05, 0) is 64.4 Å². The zero-order valence-corrected chi connectivity index (χ0v) is 23.3. The van der Waals surface area contributed by atoms with Gasteiger partial charge in [-0.1, -0.05) is 55.8 Å². The largest absolute Gasteiger partial charge is 0.370 e. The monoisotopic (exact) mass is 580 g/mol. The van der Waals surface area contributed by atoms with E-state index >= 15 is 0 Å². The number of urea groups is 1. The Morgan fingerprint density at radius 1 is 1.19 bits per heavy atom. The highest BCUT2D eigenvalue weighted by atomic mass is 79.9. The van der Waals surface area contributed by atoms with Crippen molar-refractivity contribution in [2.45, 2.75) is 32.6 Å². The maximum Gasteiger partial charge on any atom is 0.321 e. The molecule has 2 amide bonds. The summed E-state index contributed by atoms with van der Waals surface area (Å²) in [6.07, 6.45) is 3.76. The number of piperidine rings is 1. The number of hydrogen-bond acceptors (Lipinski definition) is 4. The van der Waals surface area contributed by atoms with Gasteiger partial charge < -0.3 is 15.5 Å². The molecule has 9 heteroatoms. The first-order valence-electron chi connectivity index (χ1n) is 12.6. The molecule has 2 N–H and O–H groups in total. The number of hydrogen-bond donors (Lipinski definition) is 2. The number of rotatable bonds is 6. The highest BCUT2D eigenvalue weighted by molar-refractivity contribution is 9.10. The minimum absolute atomic E-state index is 0.0506. The quantitative estimate of drug-likeness (QED) is 0.251. The molecule has 4 aromatic rings. The van der Waals surface area contributed by atoms with Crippen LogP contribution in [0.4, 0.5) is 16.3 Å². The number of nitrogens with one attached hydrogen (secondary N) is 2. The molecule has 5 rings (SSSR count). The Labute approximate surface area is 230 Å². The Morgan fingerprint density at radius 3 is 2.73 bits per heavy atom. The average molecular weight is 582 g/mol. The summed E-state index contributed by atoms with van der Waals surface area (Å²) >= 11 is 10.0. The summed E-state index contributed by atoms with van der Waals surface area (Å²) in [6.45, 7) is 6.49. The molecule has 0 radical (unpaired) electrons. The lowest BCUT2D eigenvalue weighted by atomic mass is 9.98. The molecular weight excluding hydrogens is 552 g/mol. The van der Waals surface area contributed by atoms with E-state index < -0.39 is 0 Å². The predicted octanol–water partition coefficient (Wildman–Crippen LogP) is 7.29. The van der Waals surface area contributed by atoms with Gasteiger partial charge in [-0.3, -0.25) is 0 Å². The molecule has 1 aliphatic rings. The van der Waals surface area contributed by atoms with Crippen LogP contribution in [-0.2, 0) is 0 Å². The predicted molar refractivity (Wildman–Crippen MR) is 153 cm³/mol. The molecule has 192 valence electrons. The lowest BCUT2D eigenvalue weighted by Gasteiger charge is -2.33. The van der Waals surface area contributed by atoms with Crippen molar-refractivity contribution in [2.24, 2.45) is 5.92 Å². The third-order valence-corrected chi connectivity index (χ3v) is 7.67. The van der Waals surface area contributed by atoms with Crippen LogP contribution in [0.15, 0.2) is 65.3 Å². The van der Waals surface area contributed by atoms with E-state index in [0.717, 1.165) is 46.6 Å². The summed E-state index contributed by atoms with van der Waals surface area (Å²) in [5.74, 6) is 1.61. The summed E-state index contributed by atoms with van der Waals surface area (Å²) in [5, 5.41) is 11.8. The second kappa shape index (κ2) is 11.1. The van der Waals surface area contributed by atoms with Crippen molar-refractivity contribution in [1.82, 2.24) is 19.5 Å². The fourth-order valence-corrected chi connectivity index (χ4v) is 5.27. The van der Waals surface area contributed by atoms with Crippen molar-refractivity contribution >= 4 is 50.7 Å². The number of fused-ring (bicyclic) bond motifs is 1. The molecule has 1 aliphatic heterocycles. The van der Waals surface area contributed by atoms with E-state index in [4.69, 9.17) is 16.6 Å². The Morgan fingerprint density at radius 2 is 1.97 bits per heavy atom. The van der Waals surface area contributed by atoms with Crippen molar-refractivity contribution in [3.63, 3.8) is 0 Å². The third-order valence-electron chi connectivity index (χ3n) is 6.79. The van der Waals surface area contributed by atoms with Crippen LogP contribution in [0.1, 0.15) is 38.2 Å². The second-order valence-corrected chi connectivity index (χ2v) is 11.0. The molecule has 1 saturated heterocycles. The molecule has 7 nitrogen and oxygen atoms in total. The Balaban J connectivity index is 1.27. The number of carbonyl (C=O) groups excluding carboxylic acids is 1. The maximum absolute atomic E-state index is 13.0. The van der Waals surface area contributed by atoms with Gasteiger partial charge in [0.2, 0.25) is 0 Å². The van der Waals surface area contributed by atoms with Crippen molar-refractivity contribution in [3.05, 3.63) is 75.9 Å². The highest BCUT2D eigenvalue weighted by Gasteiger charge is 2.24. The van der Waals surface area contributed by atoms with Crippen LogP contribution in [-0.4, -0.2) is 45.2 Å². The van der Waals surface area contributed by atoms with Gasteiger partial charge in [0.1, 0.15) is 5.82 Å². The van der Waals surface area contributed by atoms with Gasteiger partial charge in [0, 0.05) is 42.0 Å². The first kappa shape index (κ1) is 25.5. The normalized spacial score (nSPS) is 15.8. The van der Waals surface area contributed by atoms with Gasteiger partial charge in [-0.25, -0.2) is 9.78 Å². The first-order valence-corrected chi connectivity index (χ1v) is 13.7. The molecule has 0 bridgehead atoms. The topological polar surface area (TPSA) is 74.6 Å². The van der Waals surface area contributed by atoms with Crippen LogP contribution in [0.5, 0.6) is 0 Å². The van der Waals surface area contributed by atoms with E-state index in [9.17, 15) is 4.79 Å². The molecule has 3 heterocycles. The number of anilines is 2. The summed E-state index contributed by atoms with van der Waals surface area (Å²) in [5.41, 5.74) is 4.44. The average Bonchev–Trinajstić information content (AvgIpc) is 3.28. The van der Waals surface area contributed by atoms with E-state index in [1.165, 1.54) is 5.56 Å². The summed E-state index contributed by atoms with van der Waals surface area (Å²) in [4.78, 5) is 19.7. The zero-order valence-electron chi connectivity index (χ0n) is 20.9. The van der Waals surface area contributed by atoms with Crippen molar-refractivity contribution in [1.29, 1.82) is 0 Å². The number of amides is 2. The minimum Gasteiger partial charge on any atom is -0.370 e. The SMILES string of the molecule is CC(C)c1ccc(NC(=O)N2CCCC(CNc3cc(-c4ccccc4Cl)nc4c(Br)cnn34)C2)cc1. The first-order chi connectivity index (χ1) is 17.9. The molecule has 1 atom stereocenters. The van der Waals surface area contributed by atoms with Gasteiger partial charge in [0.05, 0.1) is 16.4 Å². The van der Waals surface area contributed by atoms with E-state index in [1.54, 1.807) is 10.7 Å². The van der Waals surface area contributed by atoms with Crippen LogP contribution in [0.25, 0.3) is 16.9 Å². The maximum atomic E-state index is 13.0.